The summed E-state index contributed by atoms with van der Waals surface area (Å²) in [5.74, 6) is 0.261. The molecule has 0 radical (unpaired) electrons. The Morgan fingerprint density at radius 1 is 1.18 bits per heavy atom. The van der Waals surface area contributed by atoms with Crippen molar-refractivity contribution in [2.24, 2.45) is 0 Å². The van der Waals surface area contributed by atoms with Crippen molar-refractivity contribution in [3.8, 4) is 5.75 Å². The van der Waals surface area contributed by atoms with E-state index in [-0.39, 0.29) is 5.78 Å². The standard InChI is InChI=1S/C23H23NO4/c1-27-21(25)10-8-17-7-9-20-19(15-17)22(26)23(28-20)11-13-24(14-12-23)16-18-5-3-2-4-6-18/h2-10,15H,11-14,16H2,1H3/b10-8+. The molecule has 144 valence electrons. The summed E-state index contributed by atoms with van der Waals surface area (Å²) in [6, 6.07) is 15.8. The number of piperidine rings is 1. The van der Waals surface area contributed by atoms with E-state index in [0.717, 1.165) is 25.2 Å². The van der Waals surface area contributed by atoms with Crippen LogP contribution in [-0.4, -0.2) is 42.5 Å². The molecule has 2 aliphatic heterocycles. The van der Waals surface area contributed by atoms with Crippen LogP contribution < -0.4 is 4.74 Å². The SMILES string of the molecule is COC(=O)/C=C/c1ccc2c(c1)C(=O)C1(CCN(Cc3ccccc3)CC1)O2. The van der Waals surface area contributed by atoms with Crippen LogP contribution in [0.4, 0.5) is 0 Å². The van der Waals surface area contributed by atoms with E-state index >= 15 is 0 Å². The van der Waals surface area contributed by atoms with Crippen molar-refractivity contribution in [3.05, 3.63) is 71.3 Å². The second-order valence-electron chi connectivity index (χ2n) is 7.30. The first-order valence-electron chi connectivity index (χ1n) is 9.50. The van der Waals surface area contributed by atoms with Crippen LogP contribution in [-0.2, 0) is 16.1 Å². The molecule has 1 spiro atoms. The van der Waals surface area contributed by atoms with Gasteiger partial charge in [0.15, 0.2) is 5.60 Å². The zero-order valence-electron chi connectivity index (χ0n) is 15.9. The van der Waals surface area contributed by atoms with Gasteiger partial charge in [0, 0.05) is 38.6 Å². The Morgan fingerprint density at radius 2 is 1.93 bits per heavy atom. The van der Waals surface area contributed by atoms with Crippen LogP contribution in [0.2, 0.25) is 0 Å². The van der Waals surface area contributed by atoms with Crippen LogP contribution in [0.5, 0.6) is 5.75 Å². The Labute approximate surface area is 164 Å². The average Bonchev–Trinajstić information content (AvgIpc) is 3.00. The van der Waals surface area contributed by atoms with E-state index in [4.69, 9.17) is 4.74 Å². The number of hydrogen-bond acceptors (Lipinski definition) is 5. The molecule has 0 saturated carbocycles. The van der Waals surface area contributed by atoms with E-state index < -0.39 is 11.6 Å². The monoisotopic (exact) mass is 377 g/mol. The number of benzene rings is 2. The van der Waals surface area contributed by atoms with Crippen molar-refractivity contribution in [1.29, 1.82) is 0 Å². The number of methoxy groups -OCH3 is 1. The van der Waals surface area contributed by atoms with Gasteiger partial charge in [0.1, 0.15) is 5.75 Å². The van der Waals surface area contributed by atoms with Crippen molar-refractivity contribution in [3.63, 3.8) is 0 Å². The van der Waals surface area contributed by atoms with Gasteiger partial charge in [-0.3, -0.25) is 9.69 Å². The van der Waals surface area contributed by atoms with Gasteiger partial charge >= 0.3 is 5.97 Å². The number of nitrogens with zero attached hydrogens (tertiary/aromatic N) is 1. The highest BCUT2D eigenvalue weighted by Gasteiger charge is 2.49. The summed E-state index contributed by atoms with van der Waals surface area (Å²) in [6.45, 7) is 2.54. The van der Waals surface area contributed by atoms with Gasteiger partial charge in [-0.1, -0.05) is 36.4 Å². The van der Waals surface area contributed by atoms with Crippen molar-refractivity contribution < 1.29 is 19.1 Å². The van der Waals surface area contributed by atoms with Gasteiger partial charge in [0.2, 0.25) is 5.78 Å². The van der Waals surface area contributed by atoms with Crippen LogP contribution >= 0.6 is 0 Å². The van der Waals surface area contributed by atoms with Gasteiger partial charge in [0.05, 0.1) is 12.7 Å². The number of esters is 1. The maximum atomic E-state index is 13.1. The molecule has 0 atom stereocenters. The predicted molar refractivity (Wildman–Crippen MR) is 106 cm³/mol. The molecule has 0 bridgehead atoms. The third kappa shape index (κ3) is 3.58. The number of rotatable bonds is 4. The average molecular weight is 377 g/mol. The molecule has 0 unspecified atom stereocenters. The number of carbonyl (C=O) groups is 2. The Balaban J connectivity index is 1.44. The normalized spacial score (nSPS) is 18.2. The number of ether oxygens (including phenoxy) is 2. The smallest absolute Gasteiger partial charge is 0.330 e. The number of Topliss-reactive ketones (excluding diaryl/α,β-unsaturated/α-hetero) is 1. The van der Waals surface area contributed by atoms with Crippen molar-refractivity contribution >= 4 is 17.8 Å². The maximum Gasteiger partial charge on any atom is 0.330 e. The quantitative estimate of drug-likeness (QED) is 0.603. The van der Waals surface area contributed by atoms with E-state index in [1.165, 1.54) is 18.7 Å². The lowest BCUT2D eigenvalue weighted by molar-refractivity contribution is -0.134. The van der Waals surface area contributed by atoms with Crippen LogP contribution in [0.3, 0.4) is 0 Å². The van der Waals surface area contributed by atoms with E-state index in [2.05, 4.69) is 21.8 Å². The molecular formula is C23H23NO4. The zero-order valence-corrected chi connectivity index (χ0v) is 15.9. The summed E-state index contributed by atoms with van der Waals surface area (Å²) in [7, 11) is 1.33. The molecule has 5 heteroatoms. The van der Waals surface area contributed by atoms with E-state index in [0.29, 0.717) is 24.2 Å². The molecule has 4 rings (SSSR count). The predicted octanol–water partition coefficient (Wildman–Crippen LogP) is 3.48. The molecular weight excluding hydrogens is 354 g/mol. The first kappa shape index (κ1) is 18.4. The third-order valence-corrected chi connectivity index (χ3v) is 5.49. The summed E-state index contributed by atoms with van der Waals surface area (Å²) in [4.78, 5) is 26.8. The fourth-order valence-corrected chi connectivity index (χ4v) is 3.90. The van der Waals surface area contributed by atoms with Crippen molar-refractivity contribution in [1.82, 2.24) is 4.90 Å². The van der Waals surface area contributed by atoms with Gasteiger partial charge in [-0.2, -0.15) is 0 Å². The molecule has 2 aliphatic rings. The molecule has 0 aliphatic carbocycles. The minimum absolute atomic E-state index is 0.0511. The molecule has 28 heavy (non-hydrogen) atoms. The Morgan fingerprint density at radius 3 is 2.64 bits per heavy atom. The fraction of sp³-hybridized carbons (Fsp3) is 0.304. The highest BCUT2D eigenvalue weighted by Crippen LogP contribution is 2.41. The number of likely N-dealkylation sites (tertiary alicyclic amines) is 1. The number of fused-ring (bicyclic) bond motifs is 1. The van der Waals surface area contributed by atoms with E-state index in [1.807, 2.05) is 30.3 Å². The summed E-state index contributed by atoms with van der Waals surface area (Å²) in [5, 5.41) is 0. The molecule has 0 N–H and O–H groups in total. The van der Waals surface area contributed by atoms with Crippen LogP contribution in [0.1, 0.15) is 34.3 Å². The first-order valence-corrected chi connectivity index (χ1v) is 9.50. The largest absolute Gasteiger partial charge is 0.478 e. The molecule has 2 aromatic carbocycles. The molecule has 0 aromatic heterocycles. The maximum absolute atomic E-state index is 13.1. The number of ketones is 1. The van der Waals surface area contributed by atoms with E-state index in [9.17, 15) is 9.59 Å². The van der Waals surface area contributed by atoms with Gasteiger partial charge in [-0.05, 0) is 29.3 Å². The highest BCUT2D eigenvalue weighted by atomic mass is 16.5. The Kier molecular flexibility index (Phi) is 5.01. The Hall–Kier alpha value is -2.92. The molecule has 5 nitrogen and oxygen atoms in total. The molecule has 2 heterocycles. The summed E-state index contributed by atoms with van der Waals surface area (Å²) < 4.78 is 10.8. The molecule has 0 amide bonds. The van der Waals surface area contributed by atoms with Crippen LogP contribution in [0, 0.1) is 0 Å². The highest BCUT2D eigenvalue weighted by molar-refractivity contribution is 6.08. The lowest BCUT2D eigenvalue weighted by Crippen LogP contribution is -2.50. The third-order valence-electron chi connectivity index (χ3n) is 5.49. The van der Waals surface area contributed by atoms with E-state index in [1.54, 1.807) is 12.1 Å². The van der Waals surface area contributed by atoms with Gasteiger partial charge < -0.3 is 9.47 Å². The number of hydrogen-bond donors (Lipinski definition) is 0. The van der Waals surface area contributed by atoms with Gasteiger partial charge in [-0.15, -0.1) is 0 Å². The fourth-order valence-electron chi connectivity index (χ4n) is 3.90. The second-order valence-corrected chi connectivity index (χ2v) is 7.30. The Bertz CT molecular complexity index is 911. The zero-order chi connectivity index (χ0) is 19.6. The summed E-state index contributed by atoms with van der Waals surface area (Å²) in [5.41, 5.74) is 1.91. The van der Waals surface area contributed by atoms with Crippen molar-refractivity contribution in [2.75, 3.05) is 20.2 Å². The second kappa shape index (κ2) is 7.60. The number of carbonyl (C=O) groups excluding carboxylic acids is 2. The summed E-state index contributed by atoms with van der Waals surface area (Å²) >= 11 is 0. The molecule has 1 fully saturated rings. The molecule has 1 saturated heterocycles. The van der Waals surface area contributed by atoms with Crippen LogP contribution in [0.15, 0.2) is 54.6 Å². The lowest BCUT2D eigenvalue weighted by Gasteiger charge is -2.37. The molecule has 2 aromatic rings. The first-order chi connectivity index (χ1) is 13.6. The summed E-state index contributed by atoms with van der Waals surface area (Å²) in [6.07, 6.45) is 4.36. The van der Waals surface area contributed by atoms with Gasteiger partial charge in [-0.25, -0.2) is 4.79 Å². The lowest BCUT2D eigenvalue weighted by atomic mass is 9.85. The van der Waals surface area contributed by atoms with Crippen LogP contribution in [0.25, 0.3) is 6.08 Å². The minimum Gasteiger partial charge on any atom is -0.478 e. The minimum atomic E-state index is -0.750. The van der Waals surface area contributed by atoms with Crippen molar-refractivity contribution in [2.45, 2.75) is 25.0 Å². The topological polar surface area (TPSA) is 55.8 Å². The van der Waals surface area contributed by atoms with Gasteiger partial charge in [0.25, 0.3) is 0 Å².